The van der Waals surface area contributed by atoms with Crippen LogP contribution in [0.3, 0.4) is 0 Å². The average molecular weight is 309 g/mol. The standard InChI is InChI=1S/C12H18F3N3O3/c1-3-18-10(9(16)8(2)17-18)11(19)21-6-4-5-20-7-12(13,14)15/h3-7,16H2,1-2H3. The van der Waals surface area contributed by atoms with E-state index in [1.165, 1.54) is 4.68 Å². The highest BCUT2D eigenvalue weighted by atomic mass is 19.4. The van der Waals surface area contributed by atoms with Crippen molar-refractivity contribution >= 4 is 11.7 Å². The first-order valence-corrected chi connectivity index (χ1v) is 6.40. The number of nitrogen functional groups attached to an aromatic ring is 1. The van der Waals surface area contributed by atoms with Crippen LogP contribution in [0.25, 0.3) is 0 Å². The van der Waals surface area contributed by atoms with E-state index in [0.29, 0.717) is 12.2 Å². The van der Waals surface area contributed by atoms with Crippen LogP contribution in [-0.2, 0) is 16.0 Å². The zero-order valence-corrected chi connectivity index (χ0v) is 11.9. The fourth-order valence-electron chi connectivity index (χ4n) is 1.62. The summed E-state index contributed by atoms with van der Waals surface area (Å²) in [6, 6.07) is 0. The molecule has 0 amide bonds. The molecule has 1 aromatic rings. The number of alkyl halides is 3. The summed E-state index contributed by atoms with van der Waals surface area (Å²) >= 11 is 0. The molecule has 0 atom stereocenters. The minimum Gasteiger partial charge on any atom is -0.461 e. The Bertz CT molecular complexity index is 486. The van der Waals surface area contributed by atoms with Crippen molar-refractivity contribution in [2.45, 2.75) is 33.0 Å². The van der Waals surface area contributed by atoms with Crippen LogP contribution in [0.5, 0.6) is 0 Å². The van der Waals surface area contributed by atoms with Crippen molar-refractivity contribution in [2.24, 2.45) is 0 Å². The number of halogens is 3. The lowest BCUT2D eigenvalue weighted by molar-refractivity contribution is -0.174. The van der Waals surface area contributed by atoms with Crippen molar-refractivity contribution in [1.82, 2.24) is 9.78 Å². The summed E-state index contributed by atoms with van der Waals surface area (Å²) in [6.07, 6.45) is -4.18. The van der Waals surface area contributed by atoms with E-state index >= 15 is 0 Å². The molecule has 0 bridgehead atoms. The van der Waals surface area contributed by atoms with E-state index in [9.17, 15) is 18.0 Å². The van der Waals surface area contributed by atoms with E-state index in [1.807, 2.05) is 0 Å². The van der Waals surface area contributed by atoms with Crippen molar-refractivity contribution in [3.63, 3.8) is 0 Å². The Balaban J connectivity index is 2.38. The van der Waals surface area contributed by atoms with Crippen LogP contribution in [0.2, 0.25) is 0 Å². The number of aromatic nitrogens is 2. The van der Waals surface area contributed by atoms with E-state index in [0.717, 1.165) is 0 Å². The van der Waals surface area contributed by atoms with E-state index in [2.05, 4.69) is 9.84 Å². The number of hydrogen-bond donors (Lipinski definition) is 1. The number of esters is 1. The SMILES string of the molecule is CCn1nc(C)c(N)c1C(=O)OCCCOCC(F)(F)F. The minimum atomic E-state index is -4.35. The molecule has 0 aromatic carbocycles. The highest BCUT2D eigenvalue weighted by molar-refractivity contribution is 5.93. The Kier molecular flexibility index (Phi) is 6.01. The summed E-state index contributed by atoms with van der Waals surface area (Å²) in [6.45, 7) is 2.42. The normalized spacial score (nSPS) is 11.7. The Morgan fingerprint density at radius 1 is 1.38 bits per heavy atom. The Morgan fingerprint density at radius 2 is 2.05 bits per heavy atom. The third-order valence-electron chi connectivity index (χ3n) is 2.60. The fourth-order valence-corrected chi connectivity index (χ4v) is 1.62. The topological polar surface area (TPSA) is 79.4 Å². The molecule has 9 heteroatoms. The van der Waals surface area contributed by atoms with Crippen LogP contribution in [-0.4, -0.2) is 41.7 Å². The molecular formula is C12H18F3N3O3. The zero-order valence-electron chi connectivity index (χ0n) is 11.9. The maximum Gasteiger partial charge on any atom is 0.411 e. The lowest BCUT2D eigenvalue weighted by atomic mass is 10.3. The van der Waals surface area contributed by atoms with Gasteiger partial charge in [-0.15, -0.1) is 0 Å². The van der Waals surface area contributed by atoms with Crippen molar-refractivity contribution < 1.29 is 27.4 Å². The van der Waals surface area contributed by atoms with Crippen LogP contribution < -0.4 is 5.73 Å². The number of rotatable bonds is 7. The molecule has 1 aromatic heterocycles. The van der Waals surface area contributed by atoms with Gasteiger partial charge in [0, 0.05) is 13.0 Å². The molecule has 0 saturated carbocycles. The van der Waals surface area contributed by atoms with E-state index < -0.39 is 18.8 Å². The van der Waals surface area contributed by atoms with Crippen molar-refractivity contribution in [3.8, 4) is 0 Å². The van der Waals surface area contributed by atoms with Crippen LogP contribution >= 0.6 is 0 Å². The number of hydrogen-bond acceptors (Lipinski definition) is 5. The first-order chi connectivity index (χ1) is 9.76. The third-order valence-corrected chi connectivity index (χ3v) is 2.60. The molecule has 1 heterocycles. The Hall–Kier alpha value is -1.77. The molecule has 0 spiro atoms. The summed E-state index contributed by atoms with van der Waals surface area (Å²) in [5.74, 6) is -0.647. The molecule has 0 aliphatic rings. The average Bonchev–Trinajstić information content (AvgIpc) is 2.68. The van der Waals surface area contributed by atoms with Gasteiger partial charge in [-0.25, -0.2) is 4.79 Å². The summed E-state index contributed by atoms with van der Waals surface area (Å²) in [7, 11) is 0. The van der Waals surface area contributed by atoms with Gasteiger partial charge in [-0.3, -0.25) is 4.68 Å². The van der Waals surface area contributed by atoms with Crippen LogP contribution in [0.4, 0.5) is 18.9 Å². The van der Waals surface area contributed by atoms with E-state index in [-0.39, 0.29) is 31.0 Å². The molecule has 0 fully saturated rings. The van der Waals surface area contributed by atoms with Crippen LogP contribution in [0.15, 0.2) is 0 Å². The van der Waals surface area contributed by atoms with Gasteiger partial charge < -0.3 is 15.2 Å². The summed E-state index contributed by atoms with van der Waals surface area (Å²) < 4.78 is 46.2. The highest BCUT2D eigenvalue weighted by Gasteiger charge is 2.27. The molecule has 6 nitrogen and oxygen atoms in total. The molecule has 0 radical (unpaired) electrons. The van der Waals surface area contributed by atoms with Gasteiger partial charge in [0.15, 0.2) is 5.69 Å². The molecule has 21 heavy (non-hydrogen) atoms. The van der Waals surface area contributed by atoms with Gasteiger partial charge in [0.2, 0.25) is 0 Å². The molecular weight excluding hydrogens is 291 g/mol. The summed E-state index contributed by atoms with van der Waals surface area (Å²) in [4.78, 5) is 11.9. The smallest absolute Gasteiger partial charge is 0.411 e. The van der Waals surface area contributed by atoms with Gasteiger partial charge in [0.1, 0.15) is 6.61 Å². The Morgan fingerprint density at radius 3 is 2.62 bits per heavy atom. The van der Waals surface area contributed by atoms with E-state index in [4.69, 9.17) is 10.5 Å². The maximum absolute atomic E-state index is 11.9. The quantitative estimate of drug-likeness (QED) is 0.615. The number of carbonyl (C=O) groups is 1. The molecule has 2 N–H and O–H groups in total. The van der Waals surface area contributed by atoms with Gasteiger partial charge >= 0.3 is 12.1 Å². The molecule has 120 valence electrons. The zero-order chi connectivity index (χ0) is 16.0. The molecule has 1 rings (SSSR count). The van der Waals surface area contributed by atoms with Gasteiger partial charge in [-0.2, -0.15) is 18.3 Å². The molecule has 0 unspecified atom stereocenters. The maximum atomic E-state index is 11.9. The number of nitrogens with zero attached hydrogens (tertiary/aromatic N) is 2. The summed E-state index contributed by atoms with van der Waals surface area (Å²) in [5.41, 5.74) is 6.68. The van der Waals surface area contributed by atoms with Gasteiger partial charge in [-0.1, -0.05) is 0 Å². The predicted molar refractivity (Wildman–Crippen MR) is 68.8 cm³/mol. The second kappa shape index (κ2) is 7.30. The first-order valence-electron chi connectivity index (χ1n) is 6.40. The fraction of sp³-hybridized carbons (Fsp3) is 0.667. The number of nitrogens with two attached hydrogens (primary N) is 1. The van der Waals surface area contributed by atoms with Crippen molar-refractivity contribution in [1.29, 1.82) is 0 Å². The molecule has 0 aliphatic heterocycles. The van der Waals surface area contributed by atoms with E-state index in [1.54, 1.807) is 13.8 Å². The highest BCUT2D eigenvalue weighted by Crippen LogP contribution is 2.17. The lowest BCUT2D eigenvalue weighted by Gasteiger charge is -2.09. The second-order valence-electron chi connectivity index (χ2n) is 4.32. The minimum absolute atomic E-state index is 0.0515. The van der Waals surface area contributed by atoms with Crippen LogP contribution in [0.1, 0.15) is 29.5 Å². The number of anilines is 1. The van der Waals surface area contributed by atoms with Gasteiger partial charge in [0.05, 0.1) is 24.6 Å². The number of carbonyl (C=O) groups excluding carboxylic acids is 1. The predicted octanol–water partition coefficient (Wildman–Crippen LogP) is 1.92. The third kappa shape index (κ3) is 5.25. The van der Waals surface area contributed by atoms with Gasteiger partial charge in [0.25, 0.3) is 0 Å². The number of aryl methyl sites for hydroxylation is 2. The first kappa shape index (κ1) is 17.3. The van der Waals surface area contributed by atoms with Crippen LogP contribution in [0, 0.1) is 6.92 Å². The molecule has 0 aliphatic carbocycles. The van der Waals surface area contributed by atoms with Crippen molar-refractivity contribution in [3.05, 3.63) is 11.4 Å². The monoisotopic (exact) mass is 309 g/mol. The second-order valence-corrected chi connectivity index (χ2v) is 4.32. The van der Waals surface area contributed by atoms with Crippen molar-refractivity contribution in [2.75, 3.05) is 25.6 Å². The summed E-state index contributed by atoms with van der Waals surface area (Å²) in [5, 5.41) is 4.08. The molecule has 0 saturated heterocycles. The largest absolute Gasteiger partial charge is 0.461 e. The number of ether oxygens (including phenoxy) is 2. The lowest BCUT2D eigenvalue weighted by Crippen LogP contribution is -2.19. The Labute approximate surface area is 120 Å². The van der Waals surface area contributed by atoms with Gasteiger partial charge in [-0.05, 0) is 13.8 Å².